The first kappa shape index (κ1) is 21.7. The molecule has 3 aromatic rings. The minimum atomic E-state index is 0. The van der Waals surface area contributed by atoms with Gasteiger partial charge in [0.15, 0.2) is 0 Å². The van der Waals surface area contributed by atoms with Gasteiger partial charge in [-0.3, -0.25) is 0 Å². The van der Waals surface area contributed by atoms with Crippen LogP contribution in [0.5, 0.6) is 0 Å². The van der Waals surface area contributed by atoms with Gasteiger partial charge in [-0.15, -0.1) is 24.8 Å². The summed E-state index contributed by atoms with van der Waals surface area (Å²) in [4.78, 5) is 7.50. The molecule has 5 heteroatoms. The minimum Gasteiger partial charge on any atom is -0.345 e. The Bertz CT molecular complexity index is 854. The van der Waals surface area contributed by atoms with Crippen LogP contribution in [0.1, 0.15) is 43.2 Å². The lowest BCUT2D eigenvalue weighted by Crippen LogP contribution is -2.24. The summed E-state index contributed by atoms with van der Waals surface area (Å²) in [5.74, 6) is 0.884. The van der Waals surface area contributed by atoms with E-state index >= 15 is 0 Å². The molecule has 0 atom stereocenters. The number of fused-ring (bicyclic) bond motifs is 1. The molecule has 0 spiro atoms. The second kappa shape index (κ2) is 10.1. The van der Waals surface area contributed by atoms with E-state index in [1.165, 1.54) is 54.4 Å². The number of aromatic amines is 1. The number of hydrogen-bond acceptors (Lipinski definition) is 2. The largest absolute Gasteiger partial charge is 0.345 e. The molecule has 27 heavy (non-hydrogen) atoms. The maximum absolute atomic E-state index is 4.30. The van der Waals surface area contributed by atoms with E-state index in [9.17, 15) is 0 Å². The monoisotopic (exact) mass is 405 g/mol. The Hall–Kier alpha value is -1.55. The Balaban J connectivity index is 0.00000131. The van der Waals surface area contributed by atoms with Crippen LogP contribution in [0.2, 0.25) is 0 Å². The molecular formula is C22H29Cl2N3. The molecule has 4 rings (SSSR count). The van der Waals surface area contributed by atoms with E-state index in [4.69, 9.17) is 0 Å². The van der Waals surface area contributed by atoms with Crippen LogP contribution in [0.15, 0.2) is 42.7 Å². The zero-order valence-electron chi connectivity index (χ0n) is 15.8. The van der Waals surface area contributed by atoms with Crippen molar-refractivity contribution in [3.63, 3.8) is 0 Å². The van der Waals surface area contributed by atoms with Crippen molar-refractivity contribution in [2.24, 2.45) is 5.92 Å². The Morgan fingerprint density at radius 1 is 1.04 bits per heavy atom. The average molecular weight is 406 g/mol. The fraction of sp³-hybridized carbons (Fsp3) is 0.409. The highest BCUT2D eigenvalue weighted by molar-refractivity contribution is 5.85. The third-order valence-electron chi connectivity index (χ3n) is 5.51. The number of rotatable bonds is 5. The number of H-pyrrole nitrogens is 1. The highest BCUT2D eigenvalue weighted by Gasteiger charge is 2.12. The van der Waals surface area contributed by atoms with Gasteiger partial charge in [-0.1, -0.05) is 43.5 Å². The van der Waals surface area contributed by atoms with Crippen molar-refractivity contribution in [2.45, 2.75) is 45.6 Å². The molecule has 1 aliphatic rings. The number of aryl methyl sites for hydroxylation is 1. The predicted octanol–water partition coefficient (Wildman–Crippen LogP) is 6.05. The van der Waals surface area contributed by atoms with Gasteiger partial charge in [0.1, 0.15) is 0 Å². The minimum absolute atomic E-state index is 0. The van der Waals surface area contributed by atoms with E-state index in [0.717, 1.165) is 30.0 Å². The van der Waals surface area contributed by atoms with Crippen molar-refractivity contribution in [1.82, 2.24) is 15.3 Å². The molecule has 2 N–H and O–H groups in total. The van der Waals surface area contributed by atoms with E-state index in [1.807, 2.05) is 0 Å². The topological polar surface area (TPSA) is 40.7 Å². The number of imidazole rings is 1. The van der Waals surface area contributed by atoms with Gasteiger partial charge in [-0.2, -0.15) is 0 Å². The Kier molecular flexibility index (Phi) is 8.15. The van der Waals surface area contributed by atoms with Gasteiger partial charge in [-0.25, -0.2) is 4.98 Å². The van der Waals surface area contributed by atoms with E-state index in [0.29, 0.717) is 0 Å². The van der Waals surface area contributed by atoms with Crippen molar-refractivity contribution in [1.29, 1.82) is 0 Å². The summed E-state index contributed by atoms with van der Waals surface area (Å²) in [6.45, 7) is 4.34. The maximum Gasteiger partial charge on any atom is 0.0931 e. The van der Waals surface area contributed by atoms with Gasteiger partial charge in [0, 0.05) is 6.54 Å². The van der Waals surface area contributed by atoms with Crippen LogP contribution in [0, 0.1) is 12.8 Å². The lowest BCUT2D eigenvalue weighted by Gasteiger charge is -2.22. The molecule has 3 nitrogen and oxygen atoms in total. The van der Waals surface area contributed by atoms with Crippen molar-refractivity contribution in [3.8, 4) is 11.1 Å². The smallest absolute Gasteiger partial charge is 0.0931 e. The molecule has 146 valence electrons. The molecule has 1 fully saturated rings. The van der Waals surface area contributed by atoms with Crippen LogP contribution in [0.4, 0.5) is 0 Å². The van der Waals surface area contributed by atoms with Gasteiger partial charge in [0.25, 0.3) is 0 Å². The second-order valence-electron chi connectivity index (χ2n) is 7.42. The molecule has 0 bridgehead atoms. The molecule has 0 saturated heterocycles. The fourth-order valence-corrected chi connectivity index (χ4v) is 4.07. The van der Waals surface area contributed by atoms with Crippen LogP contribution in [-0.4, -0.2) is 16.5 Å². The summed E-state index contributed by atoms with van der Waals surface area (Å²) < 4.78 is 0. The summed E-state index contributed by atoms with van der Waals surface area (Å²) >= 11 is 0. The standard InChI is InChI=1S/C22H27N3.2ClH/c1-16-11-18(14-23-13-17-5-3-2-4-6-17)7-9-20(16)19-8-10-21-22(12-19)25-15-24-21;;/h7-12,15,17,23H,2-6,13-14H2,1H3,(H,24,25);2*1H. The summed E-state index contributed by atoms with van der Waals surface area (Å²) in [7, 11) is 0. The lowest BCUT2D eigenvalue weighted by atomic mass is 9.89. The van der Waals surface area contributed by atoms with Crippen molar-refractivity contribution in [3.05, 3.63) is 53.9 Å². The molecule has 1 saturated carbocycles. The van der Waals surface area contributed by atoms with Crippen LogP contribution >= 0.6 is 24.8 Å². The van der Waals surface area contributed by atoms with Gasteiger partial charge >= 0.3 is 0 Å². The van der Waals surface area contributed by atoms with Crippen LogP contribution in [0.3, 0.4) is 0 Å². The number of hydrogen-bond donors (Lipinski definition) is 2. The zero-order valence-corrected chi connectivity index (χ0v) is 17.5. The molecule has 0 amide bonds. The summed E-state index contributed by atoms with van der Waals surface area (Å²) in [5.41, 5.74) is 7.36. The first-order valence-electron chi connectivity index (χ1n) is 9.53. The summed E-state index contributed by atoms with van der Waals surface area (Å²) in [5, 5.41) is 3.67. The molecule has 1 aliphatic carbocycles. The van der Waals surface area contributed by atoms with Crippen LogP contribution in [-0.2, 0) is 6.54 Å². The third-order valence-corrected chi connectivity index (χ3v) is 5.51. The second-order valence-corrected chi connectivity index (χ2v) is 7.42. The normalized spacial score (nSPS) is 14.6. The van der Waals surface area contributed by atoms with E-state index < -0.39 is 0 Å². The van der Waals surface area contributed by atoms with Gasteiger partial charge in [0.05, 0.1) is 17.4 Å². The fourth-order valence-electron chi connectivity index (χ4n) is 4.07. The Morgan fingerprint density at radius 2 is 1.85 bits per heavy atom. The molecule has 1 aromatic heterocycles. The Labute approximate surface area is 174 Å². The average Bonchev–Trinajstić information content (AvgIpc) is 3.10. The zero-order chi connectivity index (χ0) is 17.1. The highest BCUT2D eigenvalue weighted by atomic mass is 35.5. The van der Waals surface area contributed by atoms with Crippen molar-refractivity contribution >= 4 is 35.8 Å². The maximum atomic E-state index is 4.30. The Morgan fingerprint density at radius 3 is 2.63 bits per heavy atom. The SMILES string of the molecule is Cc1cc(CNCC2CCCCC2)ccc1-c1ccc2nc[nH]c2c1.Cl.Cl. The van der Waals surface area contributed by atoms with E-state index in [1.54, 1.807) is 6.33 Å². The summed E-state index contributed by atoms with van der Waals surface area (Å²) in [6, 6.07) is 13.3. The first-order valence-corrected chi connectivity index (χ1v) is 9.53. The van der Waals surface area contributed by atoms with Gasteiger partial charge in [-0.05, 0) is 66.6 Å². The van der Waals surface area contributed by atoms with E-state index in [2.05, 4.69) is 58.6 Å². The predicted molar refractivity (Wildman–Crippen MR) is 119 cm³/mol. The molecule has 2 aromatic carbocycles. The number of nitrogens with zero attached hydrogens (tertiary/aromatic N) is 1. The van der Waals surface area contributed by atoms with Gasteiger partial charge < -0.3 is 10.3 Å². The molecule has 0 unspecified atom stereocenters. The molecule has 0 aliphatic heterocycles. The highest BCUT2D eigenvalue weighted by Crippen LogP contribution is 2.27. The summed E-state index contributed by atoms with van der Waals surface area (Å²) in [6.07, 6.45) is 8.83. The van der Waals surface area contributed by atoms with E-state index in [-0.39, 0.29) is 24.8 Å². The quantitative estimate of drug-likeness (QED) is 0.541. The first-order chi connectivity index (χ1) is 12.3. The third kappa shape index (κ3) is 5.25. The number of aromatic nitrogens is 2. The van der Waals surface area contributed by atoms with Gasteiger partial charge in [0.2, 0.25) is 0 Å². The number of halogens is 2. The van der Waals surface area contributed by atoms with Crippen molar-refractivity contribution < 1.29 is 0 Å². The number of nitrogens with one attached hydrogen (secondary N) is 2. The molecular weight excluding hydrogens is 377 g/mol. The van der Waals surface area contributed by atoms with Crippen molar-refractivity contribution in [2.75, 3.05) is 6.54 Å². The lowest BCUT2D eigenvalue weighted by molar-refractivity contribution is 0.342. The molecule has 1 heterocycles. The van der Waals surface area contributed by atoms with Crippen LogP contribution in [0.25, 0.3) is 22.2 Å². The number of benzene rings is 2. The molecule has 0 radical (unpaired) electrons. The van der Waals surface area contributed by atoms with Crippen LogP contribution < -0.4 is 5.32 Å².